The van der Waals surface area contributed by atoms with Gasteiger partial charge in [0.2, 0.25) is 0 Å². The number of halogens is 3. The lowest BCUT2D eigenvalue weighted by atomic mass is 10.2. The van der Waals surface area contributed by atoms with Gasteiger partial charge in [-0.05, 0) is 25.8 Å². The molecule has 0 aromatic heterocycles. The van der Waals surface area contributed by atoms with Crippen LogP contribution in [-0.4, -0.2) is 54.0 Å². The Bertz CT molecular complexity index is 283. The van der Waals surface area contributed by atoms with E-state index in [-0.39, 0.29) is 6.54 Å². The van der Waals surface area contributed by atoms with Crippen LogP contribution in [0.25, 0.3) is 0 Å². The Balaban J connectivity index is 2.44. The molecule has 1 aliphatic rings. The summed E-state index contributed by atoms with van der Waals surface area (Å²) in [5.41, 5.74) is 0. The first-order valence-electron chi connectivity index (χ1n) is 5.99. The third-order valence-electron chi connectivity index (χ3n) is 2.79. The molecular formula is C11H18F3NO3. The molecule has 0 bridgehead atoms. The largest absolute Gasteiger partial charge is 0.479 e. The van der Waals surface area contributed by atoms with Gasteiger partial charge in [-0.2, -0.15) is 13.2 Å². The van der Waals surface area contributed by atoms with E-state index in [9.17, 15) is 18.0 Å². The van der Waals surface area contributed by atoms with E-state index in [0.29, 0.717) is 25.8 Å². The summed E-state index contributed by atoms with van der Waals surface area (Å²) in [7, 11) is 0. The average Bonchev–Trinajstić information content (AvgIpc) is 2.64. The molecule has 0 spiro atoms. The molecule has 1 aliphatic heterocycles. The summed E-state index contributed by atoms with van der Waals surface area (Å²) < 4.78 is 42.2. The number of rotatable bonds is 6. The normalized spacial score (nSPS) is 24.7. The molecule has 2 atom stereocenters. The van der Waals surface area contributed by atoms with E-state index in [4.69, 9.17) is 9.84 Å². The Labute approximate surface area is 104 Å². The number of nitrogens with zero attached hydrogens (tertiary/aromatic N) is 1. The van der Waals surface area contributed by atoms with Gasteiger partial charge in [0.1, 0.15) is 0 Å². The zero-order chi connectivity index (χ0) is 13.8. The van der Waals surface area contributed by atoms with E-state index in [1.165, 1.54) is 4.90 Å². The van der Waals surface area contributed by atoms with Crippen LogP contribution in [0.3, 0.4) is 0 Å². The molecule has 1 fully saturated rings. The first kappa shape index (κ1) is 15.2. The standard InChI is InChI=1S/C11H18F3NO3/c1-2-5-15(7-11(12,13)14)6-8-3-4-9(18-8)10(16)17/h8-9H,2-7H2,1H3,(H,16,17). The van der Waals surface area contributed by atoms with Gasteiger partial charge < -0.3 is 9.84 Å². The number of alkyl halides is 3. The van der Waals surface area contributed by atoms with Crippen LogP contribution in [0.2, 0.25) is 0 Å². The Hall–Kier alpha value is -0.820. The quantitative estimate of drug-likeness (QED) is 0.800. The molecule has 0 aromatic rings. The van der Waals surface area contributed by atoms with E-state index in [1.807, 2.05) is 0 Å². The van der Waals surface area contributed by atoms with Gasteiger partial charge in [-0.1, -0.05) is 6.92 Å². The van der Waals surface area contributed by atoms with Crippen molar-refractivity contribution in [2.24, 2.45) is 0 Å². The van der Waals surface area contributed by atoms with Crippen molar-refractivity contribution < 1.29 is 27.8 Å². The molecule has 1 heterocycles. The van der Waals surface area contributed by atoms with Crippen molar-refractivity contribution in [1.29, 1.82) is 0 Å². The fourth-order valence-electron chi connectivity index (χ4n) is 2.11. The van der Waals surface area contributed by atoms with Crippen molar-refractivity contribution in [3.05, 3.63) is 0 Å². The Kier molecular flexibility index (Phi) is 5.40. The van der Waals surface area contributed by atoms with Gasteiger partial charge in [-0.15, -0.1) is 0 Å². The van der Waals surface area contributed by atoms with Gasteiger partial charge >= 0.3 is 12.1 Å². The molecule has 7 heteroatoms. The first-order valence-corrected chi connectivity index (χ1v) is 5.99. The zero-order valence-electron chi connectivity index (χ0n) is 10.2. The highest BCUT2D eigenvalue weighted by atomic mass is 19.4. The molecule has 0 aromatic carbocycles. The maximum absolute atomic E-state index is 12.3. The van der Waals surface area contributed by atoms with Gasteiger partial charge in [-0.3, -0.25) is 4.90 Å². The first-order chi connectivity index (χ1) is 8.31. The summed E-state index contributed by atoms with van der Waals surface area (Å²) in [6.07, 6.45) is -4.05. The number of carboxylic acids is 1. The van der Waals surface area contributed by atoms with Crippen molar-refractivity contribution in [3.63, 3.8) is 0 Å². The molecule has 0 radical (unpaired) electrons. The van der Waals surface area contributed by atoms with Crippen LogP contribution in [0, 0.1) is 0 Å². The van der Waals surface area contributed by atoms with Crippen LogP contribution in [0.5, 0.6) is 0 Å². The molecule has 0 aliphatic carbocycles. The Morgan fingerprint density at radius 3 is 2.56 bits per heavy atom. The highest BCUT2D eigenvalue weighted by Gasteiger charge is 2.35. The molecule has 106 valence electrons. The second kappa shape index (κ2) is 6.38. The molecule has 1 N–H and O–H groups in total. The molecular weight excluding hydrogens is 251 g/mol. The molecule has 0 saturated carbocycles. The second-order valence-electron chi connectivity index (χ2n) is 4.51. The van der Waals surface area contributed by atoms with Crippen molar-refractivity contribution in [2.45, 2.75) is 44.6 Å². The van der Waals surface area contributed by atoms with Crippen molar-refractivity contribution in [3.8, 4) is 0 Å². The topological polar surface area (TPSA) is 49.8 Å². The number of carboxylic acid groups (broad SMARTS) is 1. The van der Waals surface area contributed by atoms with Crippen LogP contribution in [0.4, 0.5) is 13.2 Å². The summed E-state index contributed by atoms with van der Waals surface area (Å²) >= 11 is 0. The monoisotopic (exact) mass is 269 g/mol. The highest BCUT2D eigenvalue weighted by molar-refractivity contribution is 5.72. The summed E-state index contributed by atoms with van der Waals surface area (Å²) in [5.74, 6) is -1.05. The lowest BCUT2D eigenvalue weighted by Crippen LogP contribution is -2.40. The average molecular weight is 269 g/mol. The Morgan fingerprint density at radius 1 is 1.44 bits per heavy atom. The fraction of sp³-hybridized carbons (Fsp3) is 0.909. The van der Waals surface area contributed by atoms with Gasteiger partial charge in [0.05, 0.1) is 12.6 Å². The number of ether oxygens (including phenoxy) is 1. The van der Waals surface area contributed by atoms with Crippen LogP contribution >= 0.6 is 0 Å². The van der Waals surface area contributed by atoms with E-state index in [0.717, 1.165) is 0 Å². The summed E-state index contributed by atoms with van der Waals surface area (Å²) in [4.78, 5) is 11.9. The van der Waals surface area contributed by atoms with E-state index >= 15 is 0 Å². The number of hydrogen-bond donors (Lipinski definition) is 1. The van der Waals surface area contributed by atoms with E-state index < -0.39 is 30.9 Å². The lowest BCUT2D eigenvalue weighted by molar-refractivity contribution is -0.155. The molecule has 2 unspecified atom stereocenters. The summed E-state index contributed by atoms with van der Waals surface area (Å²) in [6.45, 7) is 1.30. The third-order valence-corrected chi connectivity index (χ3v) is 2.79. The lowest BCUT2D eigenvalue weighted by Gasteiger charge is -2.25. The molecule has 1 saturated heterocycles. The van der Waals surface area contributed by atoms with Crippen LogP contribution < -0.4 is 0 Å². The van der Waals surface area contributed by atoms with Crippen LogP contribution in [-0.2, 0) is 9.53 Å². The predicted octanol–water partition coefficient (Wildman–Crippen LogP) is 1.89. The number of hydrogen-bond acceptors (Lipinski definition) is 3. The summed E-state index contributed by atoms with van der Waals surface area (Å²) in [5, 5.41) is 8.74. The number of carbonyl (C=O) groups is 1. The molecule has 0 amide bonds. The van der Waals surface area contributed by atoms with Gasteiger partial charge in [0.25, 0.3) is 0 Å². The zero-order valence-corrected chi connectivity index (χ0v) is 10.2. The minimum absolute atomic E-state index is 0.136. The van der Waals surface area contributed by atoms with Crippen LogP contribution in [0.15, 0.2) is 0 Å². The maximum Gasteiger partial charge on any atom is 0.401 e. The smallest absolute Gasteiger partial charge is 0.401 e. The molecule has 1 rings (SSSR count). The van der Waals surface area contributed by atoms with E-state index in [2.05, 4.69) is 0 Å². The highest BCUT2D eigenvalue weighted by Crippen LogP contribution is 2.23. The fourth-order valence-corrected chi connectivity index (χ4v) is 2.11. The van der Waals surface area contributed by atoms with E-state index in [1.54, 1.807) is 6.92 Å². The Morgan fingerprint density at radius 2 is 2.11 bits per heavy atom. The minimum atomic E-state index is -4.24. The van der Waals surface area contributed by atoms with Crippen molar-refractivity contribution in [1.82, 2.24) is 4.90 Å². The van der Waals surface area contributed by atoms with Gasteiger partial charge in [-0.25, -0.2) is 4.79 Å². The van der Waals surface area contributed by atoms with Gasteiger partial charge in [0.15, 0.2) is 6.10 Å². The second-order valence-corrected chi connectivity index (χ2v) is 4.51. The predicted molar refractivity (Wildman–Crippen MR) is 58.3 cm³/mol. The number of aliphatic carboxylic acids is 1. The minimum Gasteiger partial charge on any atom is -0.479 e. The SMILES string of the molecule is CCCN(CC1CCC(C(=O)O)O1)CC(F)(F)F. The van der Waals surface area contributed by atoms with Crippen molar-refractivity contribution in [2.75, 3.05) is 19.6 Å². The summed E-state index contributed by atoms with van der Waals surface area (Å²) in [6, 6.07) is 0. The molecule has 18 heavy (non-hydrogen) atoms. The van der Waals surface area contributed by atoms with Gasteiger partial charge in [0, 0.05) is 6.54 Å². The third kappa shape index (κ3) is 5.22. The van der Waals surface area contributed by atoms with Crippen LogP contribution in [0.1, 0.15) is 26.2 Å². The molecule has 4 nitrogen and oxygen atoms in total. The van der Waals surface area contributed by atoms with Crippen molar-refractivity contribution >= 4 is 5.97 Å². The maximum atomic E-state index is 12.3.